The van der Waals surface area contributed by atoms with E-state index in [0.717, 1.165) is 47.6 Å². The van der Waals surface area contributed by atoms with Crippen LogP contribution in [0.1, 0.15) is 36.0 Å². The van der Waals surface area contributed by atoms with Crippen LogP contribution < -0.4 is 0 Å². The van der Waals surface area contributed by atoms with E-state index in [0.29, 0.717) is 25.5 Å². The van der Waals surface area contributed by atoms with Crippen molar-refractivity contribution in [1.29, 1.82) is 0 Å². The summed E-state index contributed by atoms with van der Waals surface area (Å²) in [6, 6.07) is 6.27. The van der Waals surface area contributed by atoms with E-state index in [1.807, 2.05) is 0 Å². The maximum atomic E-state index is 15.0. The molecule has 0 aromatic heterocycles. The third-order valence-corrected chi connectivity index (χ3v) is 7.52. The number of piperidine rings is 1. The normalized spacial score (nSPS) is 17.8. The highest BCUT2D eigenvalue weighted by Gasteiger charge is 2.37. The van der Waals surface area contributed by atoms with Crippen LogP contribution >= 0.6 is 0 Å². The average molecular weight is 571 g/mol. The topological polar surface area (TPSA) is 49.9 Å². The van der Waals surface area contributed by atoms with E-state index >= 15 is 8.78 Å². The molecule has 1 saturated heterocycles. The molecule has 212 valence electrons. The first-order valence-electron chi connectivity index (χ1n) is 11.9. The number of sulfonamides is 1. The van der Waals surface area contributed by atoms with Gasteiger partial charge >= 0.3 is 6.18 Å². The molecule has 38 heavy (non-hydrogen) atoms. The van der Waals surface area contributed by atoms with Gasteiger partial charge in [-0.1, -0.05) is 24.3 Å². The van der Waals surface area contributed by atoms with Crippen molar-refractivity contribution in [1.82, 2.24) is 9.21 Å². The van der Waals surface area contributed by atoms with E-state index in [9.17, 15) is 30.4 Å². The zero-order valence-corrected chi connectivity index (χ0v) is 21.5. The maximum absolute atomic E-state index is 15.0. The van der Waals surface area contributed by atoms with Gasteiger partial charge in [0.2, 0.25) is 10.0 Å². The van der Waals surface area contributed by atoms with E-state index < -0.39 is 63.5 Å². The van der Waals surface area contributed by atoms with Gasteiger partial charge in [0.1, 0.15) is 11.6 Å². The first-order valence-corrected chi connectivity index (χ1v) is 13.8. The summed E-state index contributed by atoms with van der Waals surface area (Å²) in [5.74, 6) is -5.75. The Hall–Kier alpha value is -2.22. The SMILES string of the molecule is CS(=O)(=O)N1CCCC(OCCCN(Cc2cccc(C(F)(F)F)c2F)CC(F)(F)c2ccc(F)cc2)C1. The molecular weight excluding hydrogens is 541 g/mol. The second kappa shape index (κ2) is 12.3. The molecule has 1 aliphatic heterocycles. The fraction of sp³-hybridized carbons (Fsp3) is 0.520. The van der Waals surface area contributed by atoms with Crippen LogP contribution in [-0.2, 0) is 33.4 Å². The van der Waals surface area contributed by atoms with Crippen molar-refractivity contribution in [3.05, 3.63) is 70.8 Å². The minimum absolute atomic E-state index is 0.0744. The molecule has 0 saturated carbocycles. The van der Waals surface area contributed by atoms with Gasteiger partial charge in [-0.2, -0.15) is 26.3 Å². The number of alkyl halides is 5. The molecule has 13 heteroatoms. The Labute approximate surface area is 217 Å². The number of hydrogen-bond acceptors (Lipinski definition) is 4. The smallest absolute Gasteiger partial charge is 0.377 e. The summed E-state index contributed by atoms with van der Waals surface area (Å²) in [6.45, 7) is -0.938. The summed E-state index contributed by atoms with van der Waals surface area (Å²) in [6.07, 6.45) is -2.84. The quantitative estimate of drug-likeness (QED) is 0.268. The third-order valence-electron chi connectivity index (χ3n) is 6.25. The summed E-state index contributed by atoms with van der Waals surface area (Å²) in [5, 5.41) is 0. The van der Waals surface area contributed by atoms with Gasteiger partial charge < -0.3 is 4.74 Å². The molecule has 1 aliphatic rings. The van der Waals surface area contributed by atoms with Gasteiger partial charge in [0.15, 0.2) is 0 Å². The van der Waals surface area contributed by atoms with Crippen molar-refractivity contribution in [2.45, 2.75) is 44.0 Å². The standard InChI is InChI=1S/C25H29F7N2O3S/c1-38(35,36)34-13-3-6-21(16-34)37-14-4-12-33(17-24(28,29)19-8-10-20(26)11-9-19)15-18-5-2-7-22(23(18)27)25(30,31)32/h2,5,7-11,21H,3-4,6,12-17H2,1H3. The molecule has 2 aromatic rings. The number of ether oxygens (including phenoxy) is 1. The van der Waals surface area contributed by atoms with Crippen molar-refractivity contribution in [2.24, 2.45) is 0 Å². The molecule has 0 bridgehead atoms. The zero-order valence-electron chi connectivity index (χ0n) is 20.7. The Morgan fingerprint density at radius 3 is 2.37 bits per heavy atom. The van der Waals surface area contributed by atoms with Crippen LogP contribution in [0.2, 0.25) is 0 Å². The highest BCUT2D eigenvalue weighted by Crippen LogP contribution is 2.34. The highest BCUT2D eigenvalue weighted by molar-refractivity contribution is 7.88. The van der Waals surface area contributed by atoms with Crippen molar-refractivity contribution in [3.63, 3.8) is 0 Å². The summed E-state index contributed by atoms with van der Waals surface area (Å²) in [4.78, 5) is 1.12. The largest absolute Gasteiger partial charge is 0.419 e. The van der Waals surface area contributed by atoms with Gasteiger partial charge in [-0.05, 0) is 37.5 Å². The molecule has 0 radical (unpaired) electrons. The molecule has 1 unspecified atom stereocenters. The van der Waals surface area contributed by atoms with Crippen LogP contribution in [0.3, 0.4) is 0 Å². The van der Waals surface area contributed by atoms with E-state index in [4.69, 9.17) is 4.74 Å². The first kappa shape index (κ1) is 30.3. The van der Waals surface area contributed by atoms with E-state index in [-0.39, 0.29) is 32.2 Å². The lowest BCUT2D eigenvalue weighted by Gasteiger charge is -2.31. The fourth-order valence-electron chi connectivity index (χ4n) is 4.32. The summed E-state index contributed by atoms with van der Waals surface area (Å²) in [5.41, 5.74) is -2.38. The molecule has 0 amide bonds. The van der Waals surface area contributed by atoms with Crippen LogP contribution in [0, 0.1) is 11.6 Å². The predicted molar refractivity (Wildman–Crippen MR) is 127 cm³/mol. The molecule has 1 atom stereocenters. The van der Waals surface area contributed by atoms with Gasteiger partial charge in [-0.25, -0.2) is 17.2 Å². The Bertz CT molecular complexity index is 1170. The number of benzene rings is 2. The third kappa shape index (κ3) is 8.39. The minimum Gasteiger partial charge on any atom is -0.377 e. The highest BCUT2D eigenvalue weighted by atomic mass is 32.2. The van der Waals surface area contributed by atoms with Gasteiger partial charge in [0.25, 0.3) is 5.92 Å². The van der Waals surface area contributed by atoms with Crippen LogP contribution in [0.15, 0.2) is 42.5 Å². The Morgan fingerprint density at radius 1 is 1.05 bits per heavy atom. The average Bonchev–Trinajstić information content (AvgIpc) is 2.82. The van der Waals surface area contributed by atoms with E-state index in [1.165, 1.54) is 4.31 Å². The monoisotopic (exact) mass is 570 g/mol. The van der Waals surface area contributed by atoms with Crippen LogP contribution in [0.4, 0.5) is 30.7 Å². The zero-order chi connectivity index (χ0) is 28.1. The van der Waals surface area contributed by atoms with Crippen molar-refractivity contribution < 1.29 is 43.9 Å². The van der Waals surface area contributed by atoms with Crippen molar-refractivity contribution >= 4 is 10.0 Å². The lowest BCUT2D eigenvalue weighted by molar-refractivity contribution is -0.140. The van der Waals surface area contributed by atoms with Crippen LogP contribution in [0.5, 0.6) is 0 Å². The predicted octanol–water partition coefficient (Wildman–Crippen LogP) is 5.41. The first-order chi connectivity index (χ1) is 17.7. The Kier molecular flexibility index (Phi) is 9.82. The molecule has 0 spiro atoms. The molecule has 1 fully saturated rings. The molecule has 1 heterocycles. The second-order valence-corrected chi connectivity index (χ2v) is 11.3. The van der Waals surface area contributed by atoms with Crippen LogP contribution in [0.25, 0.3) is 0 Å². The van der Waals surface area contributed by atoms with E-state index in [1.54, 1.807) is 0 Å². The van der Waals surface area contributed by atoms with Crippen molar-refractivity contribution in [3.8, 4) is 0 Å². The lowest BCUT2D eigenvalue weighted by Crippen LogP contribution is -2.43. The number of hydrogen-bond donors (Lipinski definition) is 0. The second-order valence-electron chi connectivity index (χ2n) is 9.31. The Balaban J connectivity index is 1.71. The molecular formula is C25H29F7N2O3S. The van der Waals surface area contributed by atoms with Gasteiger partial charge in [-0.15, -0.1) is 0 Å². The Morgan fingerprint density at radius 2 is 1.74 bits per heavy atom. The number of rotatable bonds is 11. The van der Waals surface area contributed by atoms with Crippen LogP contribution in [-0.4, -0.2) is 62.8 Å². The minimum atomic E-state index is -4.95. The maximum Gasteiger partial charge on any atom is 0.419 e. The summed E-state index contributed by atoms with van der Waals surface area (Å²) >= 11 is 0. The van der Waals surface area contributed by atoms with Gasteiger partial charge in [0.05, 0.1) is 24.5 Å². The van der Waals surface area contributed by atoms with Gasteiger partial charge in [0, 0.05) is 43.9 Å². The summed E-state index contributed by atoms with van der Waals surface area (Å²) in [7, 11) is -3.38. The molecule has 0 aliphatic carbocycles. The van der Waals surface area contributed by atoms with Crippen molar-refractivity contribution in [2.75, 3.05) is 39.0 Å². The molecule has 3 rings (SSSR count). The molecule has 5 nitrogen and oxygen atoms in total. The lowest BCUT2D eigenvalue weighted by atomic mass is 10.1. The number of nitrogens with zero attached hydrogens (tertiary/aromatic N) is 2. The van der Waals surface area contributed by atoms with E-state index in [2.05, 4.69) is 0 Å². The number of halogens is 7. The summed E-state index contributed by atoms with van der Waals surface area (Å²) < 4.78 is 128. The molecule has 0 N–H and O–H groups in total. The van der Waals surface area contributed by atoms with Gasteiger partial charge in [-0.3, -0.25) is 4.90 Å². The molecule has 2 aromatic carbocycles. The fourth-order valence-corrected chi connectivity index (χ4v) is 5.22.